The maximum atomic E-state index is 14.1. The van der Waals surface area contributed by atoms with E-state index >= 15 is 0 Å². The number of fused-ring (bicyclic) bond motifs is 1. The number of halogens is 6. The molecule has 0 N–H and O–H groups in total. The molecule has 0 unspecified atom stereocenters. The second kappa shape index (κ2) is 12.2. The minimum absolute atomic E-state index is 0.000769. The van der Waals surface area contributed by atoms with Crippen LogP contribution in [0.5, 0.6) is 0 Å². The zero-order chi connectivity index (χ0) is 31.6. The van der Waals surface area contributed by atoms with Crippen molar-refractivity contribution in [3.63, 3.8) is 0 Å². The van der Waals surface area contributed by atoms with Gasteiger partial charge in [-0.1, -0.05) is 30.3 Å². The number of ether oxygens (including phenoxy) is 1. The molecule has 0 aliphatic carbocycles. The van der Waals surface area contributed by atoms with E-state index < -0.39 is 51.9 Å². The summed E-state index contributed by atoms with van der Waals surface area (Å²) < 4.78 is 89.5. The van der Waals surface area contributed by atoms with Crippen molar-refractivity contribution < 1.29 is 40.8 Å². The van der Waals surface area contributed by atoms with Gasteiger partial charge in [0.1, 0.15) is 0 Å². The number of nitrogens with zero attached hydrogens (tertiary/aromatic N) is 3. The van der Waals surface area contributed by atoms with Gasteiger partial charge >= 0.3 is 12.4 Å². The Bertz CT molecular complexity index is 1680. The van der Waals surface area contributed by atoms with Crippen LogP contribution in [0.1, 0.15) is 51.0 Å². The third-order valence-corrected chi connectivity index (χ3v) is 7.50. The summed E-state index contributed by atoms with van der Waals surface area (Å²) in [7, 11) is 0. The number of rotatable bonds is 7. The molecule has 1 saturated heterocycles. The number of aromatic nitrogens is 1. The number of nitro benzene ring substituents is 1. The monoisotopic (exact) mass is 617 g/mol. The third kappa shape index (κ3) is 6.99. The van der Waals surface area contributed by atoms with Crippen LogP contribution in [0.2, 0.25) is 0 Å². The number of carbonyl (C=O) groups excluding carboxylic acids is 1. The molecule has 1 aliphatic rings. The van der Waals surface area contributed by atoms with Crippen LogP contribution in [-0.4, -0.2) is 39.9 Å². The maximum absolute atomic E-state index is 14.1. The van der Waals surface area contributed by atoms with Gasteiger partial charge in [0.15, 0.2) is 0 Å². The van der Waals surface area contributed by atoms with Gasteiger partial charge in [0.2, 0.25) is 0 Å². The number of benzene rings is 3. The highest BCUT2D eigenvalue weighted by atomic mass is 19.4. The molecule has 5 rings (SSSR count). The summed E-state index contributed by atoms with van der Waals surface area (Å²) in [6.07, 6.45) is -8.84. The Morgan fingerprint density at radius 3 is 2.25 bits per heavy atom. The molecule has 1 aromatic heterocycles. The van der Waals surface area contributed by atoms with E-state index in [1.54, 1.807) is 6.20 Å². The van der Waals surface area contributed by atoms with Crippen molar-refractivity contribution in [1.29, 1.82) is 0 Å². The lowest BCUT2D eigenvalue weighted by molar-refractivity contribution is -0.384. The van der Waals surface area contributed by atoms with Crippen molar-refractivity contribution in [3.8, 4) is 0 Å². The Kier molecular flexibility index (Phi) is 8.60. The molecule has 4 aromatic rings. The van der Waals surface area contributed by atoms with E-state index in [-0.39, 0.29) is 43.1 Å². The van der Waals surface area contributed by atoms with Crippen molar-refractivity contribution in [2.24, 2.45) is 0 Å². The minimum Gasteiger partial charge on any atom is -0.373 e. The largest absolute Gasteiger partial charge is 0.416 e. The van der Waals surface area contributed by atoms with Crippen LogP contribution >= 0.6 is 0 Å². The number of likely N-dealkylation sites (tertiary alicyclic amines) is 1. The zero-order valence-electron chi connectivity index (χ0n) is 23.0. The smallest absolute Gasteiger partial charge is 0.373 e. The zero-order valence-corrected chi connectivity index (χ0v) is 23.0. The quantitative estimate of drug-likeness (QED) is 0.121. The van der Waals surface area contributed by atoms with E-state index in [1.165, 1.54) is 17.0 Å². The SMILES string of the molecule is O=C(c1cc(C(F)(F)F)cc(C(F)(F)F)c1Cc1ccc([N+](=O)[O-])cc1)N1CCC(OCc2cnc3ccccc3c2)CC1. The normalized spacial score (nSPS) is 14.6. The number of amides is 1. The fourth-order valence-corrected chi connectivity index (χ4v) is 5.22. The van der Waals surface area contributed by atoms with Crippen molar-refractivity contribution >= 4 is 22.5 Å². The highest BCUT2D eigenvalue weighted by molar-refractivity contribution is 5.96. The van der Waals surface area contributed by atoms with Gasteiger partial charge < -0.3 is 9.64 Å². The summed E-state index contributed by atoms with van der Waals surface area (Å²) in [6, 6.07) is 14.5. The molecule has 1 aliphatic heterocycles. The van der Waals surface area contributed by atoms with Crippen LogP contribution in [0, 0.1) is 10.1 Å². The van der Waals surface area contributed by atoms with Crippen LogP contribution < -0.4 is 0 Å². The number of pyridine rings is 1. The predicted octanol–water partition coefficient (Wildman–Crippen LogP) is 7.59. The van der Waals surface area contributed by atoms with Gasteiger partial charge in [-0.05, 0) is 60.2 Å². The van der Waals surface area contributed by atoms with Crippen molar-refractivity contribution in [2.45, 2.75) is 44.3 Å². The molecule has 3 aromatic carbocycles. The molecular formula is C31H25F6N3O4. The van der Waals surface area contributed by atoms with Crippen LogP contribution in [0.4, 0.5) is 32.0 Å². The first kappa shape index (κ1) is 30.9. The number of hydrogen-bond acceptors (Lipinski definition) is 5. The van der Waals surface area contributed by atoms with E-state index in [0.717, 1.165) is 28.6 Å². The van der Waals surface area contributed by atoms with E-state index in [9.17, 15) is 41.3 Å². The standard InChI is InChI=1S/C31H25F6N3O4/c32-30(33,34)22-15-26(25(27(16-22)31(35,36)37)14-19-5-7-23(8-6-19)40(42)43)29(41)39-11-9-24(10-12-39)44-18-20-13-21-3-1-2-4-28(21)38-17-20/h1-8,13,15-17,24H,9-12,14,18H2. The van der Waals surface area contributed by atoms with E-state index in [4.69, 9.17) is 4.74 Å². The molecule has 0 bridgehead atoms. The lowest BCUT2D eigenvalue weighted by Crippen LogP contribution is -2.41. The molecule has 0 spiro atoms. The summed E-state index contributed by atoms with van der Waals surface area (Å²) in [5.41, 5.74) is -3.01. The van der Waals surface area contributed by atoms with E-state index in [2.05, 4.69) is 4.98 Å². The highest BCUT2D eigenvalue weighted by Gasteiger charge is 2.41. The Morgan fingerprint density at radius 2 is 1.61 bits per heavy atom. The summed E-state index contributed by atoms with van der Waals surface area (Å²) in [4.78, 5) is 29.5. The predicted molar refractivity (Wildman–Crippen MR) is 148 cm³/mol. The molecule has 230 valence electrons. The van der Waals surface area contributed by atoms with Gasteiger partial charge in [-0.2, -0.15) is 26.3 Å². The van der Waals surface area contributed by atoms with E-state index in [1.807, 2.05) is 30.3 Å². The Balaban J connectivity index is 1.37. The van der Waals surface area contributed by atoms with Crippen molar-refractivity contribution in [3.05, 3.63) is 116 Å². The molecular weight excluding hydrogens is 592 g/mol. The molecule has 0 atom stereocenters. The Morgan fingerprint density at radius 1 is 0.932 bits per heavy atom. The average Bonchev–Trinajstić information content (AvgIpc) is 2.99. The highest BCUT2D eigenvalue weighted by Crippen LogP contribution is 2.40. The Labute approximate surface area is 247 Å². The second-order valence-corrected chi connectivity index (χ2v) is 10.5. The fraction of sp³-hybridized carbons (Fsp3) is 0.290. The molecule has 7 nitrogen and oxygen atoms in total. The first-order chi connectivity index (χ1) is 20.8. The summed E-state index contributed by atoms with van der Waals surface area (Å²) in [5.74, 6) is -0.962. The molecule has 0 saturated carbocycles. The molecule has 2 heterocycles. The molecule has 44 heavy (non-hydrogen) atoms. The lowest BCUT2D eigenvalue weighted by Gasteiger charge is -2.33. The minimum atomic E-state index is -5.20. The molecule has 13 heteroatoms. The van der Waals surface area contributed by atoms with Crippen LogP contribution in [-0.2, 0) is 30.1 Å². The maximum Gasteiger partial charge on any atom is 0.416 e. The number of hydrogen-bond donors (Lipinski definition) is 0. The number of para-hydroxylation sites is 1. The summed E-state index contributed by atoms with van der Waals surface area (Å²) in [6.45, 7) is 0.375. The first-order valence-electron chi connectivity index (χ1n) is 13.6. The number of piperidine rings is 1. The number of non-ortho nitro benzene ring substituents is 1. The van der Waals surface area contributed by atoms with Crippen molar-refractivity contribution in [1.82, 2.24) is 9.88 Å². The molecule has 1 fully saturated rings. The topological polar surface area (TPSA) is 85.6 Å². The van der Waals surface area contributed by atoms with Crippen molar-refractivity contribution in [2.75, 3.05) is 13.1 Å². The van der Waals surface area contributed by atoms with Gasteiger partial charge in [0.25, 0.3) is 11.6 Å². The number of nitro groups is 1. The van der Waals surface area contributed by atoms with Gasteiger partial charge in [-0.3, -0.25) is 19.9 Å². The van der Waals surface area contributed by atoms with Gasteiger partial charge in [-0.25, -0.2) is 0 Å². The second-order valence-electron chi connectivity index (χ2n) is 10.5. The van der Waals surface area contributed by atoms with Gasteiger partial charge in [0.05, 0.1) is 34.3 Å². The third-order valence-electron chi connectivity index (χ3n) is 7.50. The lowest BCUT2D eigenvalue weighted by atomic mass is 9.90. The van der Waals surface area contributed by atoms with Crippen LogP contribution in [0.25, 0.3) is 10.9 Å². The van der Waals surface area contributed by atoms with E-state index in [0.29, 0.717) is 18.9 Å². The van der Waals surface area contributed by atoms with Gasteiger partial charge in [0, 0.05) is 42.4 Å². The molecule has 0 radical (unpaired) electrons. The fourth-order valence-electron chi connectivity index (χ4n) is 5.22. The van der Waals surface area contributed by atoms with Crippen LogP contribution in [0.15, 0.2) is 72.9 Å². The molecule has 1 amide bonds. The number of alkyl halides is 6. The summed E-state index contributed by atoms with van der Waals surface area (Å²) >= 11 is 0. The number of carbonyl (C=O) groups is 1. The first-order valence-corrected chi connectivity index (χ1v) is 13.6. The summed E-state index contributed by atoms with van der Waals surface area (Å²) in [5, 5.41) is 11.9. The van der Waals surface area contributed by atoms with Crippen LogP contribution in [0.3, 0.4) is 0 Å². The average molecular weight is 618 g/mol. The Hall–Kier alpha value is -4.52. The van der Waals surface area contributed by atoms with Gasteiger partial charge in [-0.15, -0.1) is 0 Å².